The third-order valence-corrected chi connectivity index (χ3v) is 3.63. The number of hydrogen-bond acceptors (Lipinski definition) is 4. The molecule has 0 fully saturated rings. The summed E-state index contributed by atoms with van der Waals surface area (Å²) in [5.41, 5.74) is 0.0340. The number of nitrogens with zero attached hydrogens (tertiary/aromatic N) is 1. The molecule has 1 aromatic rings. The molecule has 1 heterocycles. The maximum absolute atomic E-state index is 13.8. The molecule has 0 unspecified atom stereocenters. The number of hydrogen-bond donors (Lipinski definition) is 2. The van der Waals surface area contributed by atoms with E-state index in [1.165, 1.54) is 30.9 Å². The Kier molecular flexibility index (Phi) is 8.02. The topological polar surface area (TPSA) is 54.0 Å². The van der Waals surface area contributed by atoms with Crippen LogP contribution in [-0.2, 0) is 0 Å². The van der Waals surface area contributed by atoms with Crippen molar-refractivity contribution in [2.45, 2.75) is 25.7 Å². The van der Waals surface area contributed by atoms with Crippen LogP contribution in [0, 0.1) is 5.82 Å². The van der Waals surface area contributed by atoms with Crippen LogP contribution in [0.25, 0.3) is 0 Å². The van der Waals surface area contributed by atoms with E-state index in [1.807, 2.05) is 11.8 Å². The number of halogens is 1. The summed E-state index contributed by atoms with van der Waals surface area (Å²) >= 11 is 1.85. The summed E-state index contributed by atoms with van der Waals surface area (Å²) in [6, 6.07) is 1.39. The Morgan fingerprint density at radius 2 is 2.10 bits per heavy atom. The number of nitrogens with one attached hydrogen (secondary N) is 2. The summed E-state index contributed by atoms with van der Waals surface area (Å²) in [4.78, 5) is 15.7. The average Bonchev–Trinajstić information content (AvgIpc) is 2.46. The van der Waals surface area contributed by atoms with Gasteiger partial charge in [-0.25, -0.2) is 9.37 Å². The number of unbranched alkanes of at least 4 members (excludes halogenated alkanes) is 3. The fourth-order valence-electron chi connectivity index (χ4n) is 1.82. The predicted molar refractivity (Wildman–Crippen MR) is 82.9 cm³/mol. The van der Waals surface area contributed by atoms with Crippen molar-refractivity contribution in [3.8, 4) is 0 Å². The van der Waals surface area contributed by atoms with Crippen LogP contribution in [0.15, 0.2) is 12.3 Å². The van der Waals surface area contributed by atoms with Crippen LogP contribution in [0.4, 0.5) is 10.2 Å². The lowest BCUT2D eigenvalue weighted by Crippen LogP contribution is -2.25. The highest BCUT2D eigenvalue weighted by Crippen LogP contribution is 2.14. The van der Waals surface area contributed by atoms with Gasteiger partial charge in [0.15, 0.2) is 11.6 Å². The van der Waals surface area contributed by atoms with Gasteiger partial charge in [-0.15, -0.1) is 0 Å². The van der Waals surface area contributed by atoms with Crippen LogP contribution in [0.5, 0.6) is 0 Å². The molecule has 0 saturated carbocycles. The molecule has 0 aromatic carbocycles. The van der Waals surface area contributed by atoms with Gasteiger partial charge in [-0.3, -0.25) is 4.79 Å². The minimum atomic E-state index is -0.604. The van der Waals surface area contributed by atoms with E-state index < -0.39 is 5.82 Å². The minimum absolute atomic E-state index is 0.0340. The average molecular weight is 299 g/mol. The van der Waals surface area contributed by atoms with Gasteiger partial charge in [0.1, 0.15) is 0 Å². The SMILES string of the molecule is CNc1nccc(C(=O)NCCCCCCSC)c1F. The van der Waals surface area contributed by atoms with Gasteiger partial charge in [-0.1, -0.05) is 12.8 Å². The number of pyridine rings is 1. The third kappa shape index (κ3) is 5.36. The van der Waals surface area contributed by atoms with Crippen molar-refractivity contribution in [3.63, 3.8) is 0 Å². The largest absolute Gasteiger partial charge is 0.371 e. The molecule has 0 aliphatic heterocycles. The lowest BCUT2D eigenvalue weighted by Gasteiger charge is -2.08. The third-order valence-electron chi connectivity index (χ3n) is 2.93. The second-order valence-corrected chi connectivity index (χ2v) is 5.42. The fourth-order valence-corrected chi connectivity index (χ4v) is 2.31. The quantitative estimate of drug-likeness (QED) is 0.688. The highest BCUT2D eigenvalue weighted by molar-refractivity contribution is 7.98. The van der Waals surface area contributed by atoms with E-state index in [4.69, 9.17) is 0 Å². The molecule has 0 radical (unpaired) electrons. The standard InChI is InChI=1S/C14H22FN3OS/c1-16-13-12(15)11(7-9-17-13)14(19)18-8-5-3-4-6-10-20-2/h7,9H,3-6,8,10H2,1-2H3,(H,16,17)(H,18,19). The first-order valence-electron chi connectivity index (χ1n) is 6.80. The summed E-state index contributed by atoms with van der Waals surface area (Å²) in [5.74, 6) is 0.286. The van der Waals surface area contributed by atoms with Crippen molar-refractivity contribution in [2.24, 2.45) is 0 Å². The van der Waals surface area contributed by atoms with E-state index in [1.54, 1.807) is 7.05 Å². The molecule has 0 bridgehead atoms. The predicted octanol–water partition coefficient (Wildman–Crippen LogP) is 2.92. The molecule has 6 heteroatoms. The Morgan fingerprint density at radius 1 is 1.35 bits per heavy atom. The Bertz CT molecular complexity index is 429. The van der Waals surface area contributed by atoms with E-state index in [2.05, 4.69) is 21.9 Å². The normalized spacial score (nSPS) is 10.3. The molecule has 20 heavy (non-hydrogen) atoms. The first-order chi connectivity index (χ1) is 9.70. The molecule has 0 atom stereocenters. The molecule has 112 valence electrons. The number of aromatic nitrogens is 1. The number of rotatable bonds is 9. The van der Waals surface area contributed by atoms with Crippen molar-refractivity contribution < 1.29 is 9.18 Å². The molecular weight excluding hydrogens is 277 g/mol. The van der Waals surface area contributed by atoms with Gasteiger partial charge in [0, 0.05) is 19.8 Å². The maximum atomic E-state index is 13.8. The van der Waals surface area contributed by atoms with E-state index in [-0.39, 0.29) is 17.3 Å². The van der Waals surface area contributed by atoms with Gasteiger partial charge in [0.25, 0.3) is 5.91 Å². The van der Waals surface area contributed by atoms with Gasteiger partial charge in [0.05, 0.1) is 5.56 Å². The van der Waals surface area contributed by atoms with Crippen molar-refractivity contribution in [1.82, 2.24) is 10.3 Å². The molecule has 0 aliphatic carbocycles. The Hall–Kier alpha value is -1.30. The molecule has 0 spiro atoms. The van der Waals surface area contributed by atoms with Gasteiger partial charge in [-0.05, 0) is 30.9 Å². The molecule has 1 aromatic heterocycles. The van der Waals surface area contributed by atoms with Gasteiger partial charge in [0.2, 0.25) is 0 Å². The van der Waals surface area contributed by atoms with Crippen LogP contribution in [0.3, 0.4) is 0 Å². The van der Waals surface area contributed by atoms with Crippen LogP contribution in [-0.4, -0.2) is 36.5 Å². The van der Waals surface area contributed by atoms with Crippen LogP contribution in [0.2, 0.25) is 0 Å². The van der Waals surface area contributed by atoms with E-state index in [0.29, 0.717) is 6.54 Å². The second-order valence-electron chi connectivity index (χ2n) is 4.43. The van der Waals surface area contributed by atoms with E-state index >= 15 is 0 Å². The van der Waals surface area contributed by atoms with Gasteiger partial charge < -0.3 is 10.6 Å². The molecule has 0 saturated heterocycles. The summed E-state index contributed by atoms with van der Waals surface area (Å²) in [5, 5.41) is 5.36. The lowest BCUT2D eigenvalue weighted by atomic mass is 10.2. The van der Waals surface area contributed by atoms with Crippen LogP contribution >= 0.6 is 11.8 Å². The molecule has 1 rings (SSSR count). The highest BCUT2D eigenvalue weighted by atomic mass is 32.2. The highest BCUT2D eigenvalue weighted by Gasteiger charge is 2.14. The Balaban J connectivity index is 2.33. The fraction of sp³-hybridized carbons (Fsp3) is 0.571. The lowest BCUT2D eigenvalue weighted by molar-refractivity contribution is 0.0949. The number of carbonyl (C=O) groups excluding carboxylic acids is 1. The van der Waals surface area contributed by atoms with Crippen molar-refractivity contribution in [1.29, 1.82) is 0 Å². The zero-order valence-electron chi connectivity index (χ0n) is 12.0. The van der Waals surface area contributed by atoms with Crippen molar-refractivity contribution in [3.05, 3.63) is 23.6 Å². The van der Waals surface area contributed by atoms with Gasteiger partial charge >= 0.3 is 0 Å². The number of carbonyl (C=O) groups is 1. The smallest absolute Gasteiger partial charge is 0.254 e. The Labute approximate surface area is 123 Å². The van der Waals surface area contributed by atoms with Gasteiger partial charge in [-0.2, -0.15) is 11.8 Å². The second kappa shape index (κ2) is 9.58. The minimum Gasteiger partial charge on any atom is -0.371 e. The Morgan fingerprint density at radius 3 is 2.80 bits per heavy atom. The van der Waals surface area contributed by atoms with Crippen LogP contribution < -0.4 is 10.6 Å². The maximum Gasteiger partial charge on any atom is 0.254 e. The molecular formula is C14H22FN3OS. The summed E-state index contributed by atoms with van der Waals surface area (Å²) < 4.78 is 13.8. The zero-order chi connectivity index (χ0) is 14.8. The molecule has 1 amide bonds. The zero-order valence-corrected chi connectivity index (χ0v) is 12.9. The number of anilines is 1. The first-order valence-corrected chi connectivity index (χ1v) is 8.19. The van der Waals surface area contributed by atoms with Crippen molar-refractivity contribution in [2.75, 3.05) is 30.9 Å². The summed E-state index contributed by atoms with van der Waals surface area (Å²) in [6.07, 6.45) is 7.91. The summed E-state index contributed by atoms with van der Waals surface area (Å²) in [7, 11) is 1.57. The summed E-state index contributed by atoms with van der Waals surface area (Å²) in [6.45, 7) is 0.578. The monoisotopic (exact) mass is 299 g/mol. The molecule has 2 N–H and O–H groups in total. The molecule has 4 nitrogen and oxygen atoms in total. The number of amides is 1. The molecule has 0 aliphatic rings. The van der Waals surface area contributed by atoms with Crippen molar-refractivity contribution >= 4 is 23.5 Å². The van der Waals surface area contributed by atoms with Crippen LogP contribution in [0.1, 0.15) is 36.0 Å². The van der Waals surface area contributed by atoms with E-state index in [9.17, 15) is 9.18 Å². The first kappa shape index (κ1) is 16.8. The number of thioether (sulfide) groups is 1. The van der Waals surface area contributed by atoms with E-state index in [0.717, 1.165) is 12.8 Å².